The van der Waals surface area contributed by atoms with E-state index < -0.39 is 15.6 Å². The van der Waals surface area contributed by atoms with Crippen molar-refractivity contribution < 1.29 is 8.42 Å². The van der Waals surface area contributed by atoms with Crippen LogP contribution in [0.15, 0.2) is 18.6 Å². The predicted molar refractivity (Wildman–Crippen MR) is 81.3 cm³/mol. The van der Waals surface area contributed by atoms with Gasteiger partial charge in [-0.05, 0) is 13.8 Å². The molecule has 2 rings (SSSR count). The van der Waals surface area contributed by atoms with Crippen molar-refractivity contribution in [3.63, 3.8) is 0 Å². The Morgan fingerprint density at radius 3 is 2.76 bits per heavy atom. The molecular weight excluding hydrogens is 294 g/mol. The van der Waals surface area contributed by atoms with Crippen molar-refractivity contribution in [1.29, 1.82) is 0 Å². The highest BCUT2D eigenvalue weighted by molar-refractivity contribution is 7.88. The maximum Gasteiger partial charge on any atom is 0.209 e. The van der Waals surface area contributed by atoms with Crippen molar-refractivity contribution in [2.45, 2.75) is 19.4 Å². The van der Waals surface area contributed by atoms with Crippen LogP contribution in [-0.2, 0) is 10.0 Å². The number of hydrogen-bond acceptors (Lipinski definition) is 7. The van der Waals surface area contributed by atoms with Crippen LogP contribution in [-0.4, -0.2) is 41.1 Å². The van der Waals surface area contributed by atoms with E-state index in [9.17, 15) is 8.42 Å². The molecule has 0 aromatic carbocycles. The molecule has 0 aliphatic rings. The number of sulfonamides is 1. The van der Waals surface area contributed by atoms with Crippen molar-refractivity contribution in [3.8, 4) is 0 Å². The van der Waals surface area contributed by atoms with E-state index in [2.05, 4.69) is 25.4 Å². The molecule has 0 saturated heterocycles. The molecule has 0 unspecified atom stereocenters. The first kappa shape index (κ1) is 15.5. The fourth-order valence-corrected chi connectivity index (χ4v) is 3.04. The summed E-state index contributed by atoms with van der Waals surface area (Å²) in [6, 6.07) is 0. The highest BCUT2D eigenvalue weighted by Crippen LogP contribution is 2.17. The van der Waals surface area contributed by atoms with Crippen molar-refractivity contribution in [2.75, 3.05) is 23.5 Å². The first-order valence-electron chi connectivity index (χ1n) is 6.23. The van der Waals surface area contributed by atoms with E-state index in [1.807, 2.05) is 0 Å². The lowest BCUT2D eigenvalue weighted by Gasteiger charge is -2.25. The molecule has 0 amide bonds. The van der Waals surface area contributed by atoms with E-state index in [4.69, 9.17) is 5.84 Å². The molecule has 9 nitrogen and oxygen atoms in total. The lowest BCUT2D eigenvalue weighted by Crippen LogP contribution is -2.47. The molecule has 2 aromatic rings. The molecule has 0 fully saturated rings. The average molecular weight is 313 g/mol. The van der Waals surface area contributed by atoms with Crippen LogP contribution < -0.4 is 21.3 Å². The second-order valence-electron chi connectivity index (χ2n) is 5.39. The van der Waals surface area contributed by atoms with E-state index in [-0.39, 0.29) is 0 Å². The van der Waals surface area contributed by atoms with Crippen LogP contribution in [0.1, 0.15) is 13.8 Å². The van der Waals surface area contributed by atoms with Gasteiger partial charge in [-0.2, -0.15) is 0 Å². The highest BCUT2D eigenvalue weighted by atomic mass is 32.2. The van der Waals surface area contributed by atoms with E-state index >= 15 is 0 Å². The Bertz CT molecular complexity index is 738. The van der Waals surface area contributed by atoms with Gasteiger partial charge in [0.2, 0.25) is 10.0 Å². The molecule has 0 spiro atoms. The lowest BCUT2D eigenvalue weighted by molar-refractivity contribution is 0.476. The van der Waals surface area contributed by atoms with Crippen LogP contribution in [0.5, 0.6) is 0 Å². The molecule has 0 bridgehead atoms. The summed E-state index contributed by atoms with van der Waals surface area (Å²) in [6.07, 6.45) is 6.23. The van der Waals surface area contributed by atoms with E-state index in [0.717, 1.165) is 6.26 Å². The third-order valence-electron chi connectivity index (χ3n) is 2.68. The third-order valence-corrected chi connectivity index (χ3v) is 3.60. The van der Waals surface area contributed by atoms with Gasteiger partial charge in [0.1, 0.15) is 0 Å². The van der Waals surface area contributed by atoms with Crippen LogP contribution in [0.3, 0.4) is 0 Å². The van der Waals surface area contributed by atoms with Crippen LogP contribution in [0.25, 0.3) is 5.65 Å². The van der Waals surface area contributed by atoms with Gasteiger partial charge in [0, 0.05) is 24.5 Å². The fraction of sp³-hybridized carbons (Fsp3) is 0.455. The summed E-state index contributed by atoms with van der Waals surface area (Å²) in [4.78, 5) is 8.48. The predicted octanol–water partition coefficient (Wildman–Crippen LogP) is -0.245. The van der Waals surface area contributed by atoms with Gasteiger partial charge in [-0.15, -0.1) is 0 Å². The molecule has 10 heteroatoms. The van der Waals surface area contributed by atoms with Crippen molar-refractivity contribution >= 4 is 27.3 Å². The Hall–Kier alpha value is -1.91. The molecule has 116 valence electrons. The number of imidazole rings is 1. The Morgan fingerprint density at radius 1 is 1.43 bits per heavy atom. The van der Waals surface area contributed by atoms with E-state index in [1.165, 1.54) is 0 Å². The Kier molecular flexibility index (Phi) is 4.03. The maximum atomic E-state index is 11.3. The summed E-state index contributed by atoms with van der Waals surface area (Å²) in [7, 11) is -3.29. The second kappa shape index (κ2) is 5.47. The molecule has 0 saturated carbocycles. The summed E-state index contributed by atoms with van der Waals surface area (Å²) >= 11 is 0. The molecule has 0 radical (unpaired) electrons. The first-order chi connectivity index (χ1) is 9.70. The molecule has 21 heavy (non-hydrogen) atoms. The number of nitrogens with one attached hydrogen (secondary N) is 3. The van der Waals surface area contributed by atoms with Crippen molar-refractivity contribution in [3.05, 3.63) is 18.6 Å². The number of rotatable bonds is 6. The van der Waals surface area contributed by atoms with Gasteiger partial charge in [0.05, 0.1) is 12.5 Å². The largest absolute Gasteiger partial charge is 0.365 e. The van der Waals surface area contributed by atoms with Crippen LogP contribution in [0.2, 0.25) is 0 Å². The zero-order valence-electron chi connectivity index (χ0n) is 12.1. The SMILES string of the molecule is CC(C)(CNc1nc(NN)cn2ccnc12)NS(C)(=O)=O. The molecule has 2 aromatic heterocycles. The summed E-state index contributed by atoms with van der Waals surface area (Å²) < 4.78 is 27.0. The minimum Gasteiger partial charge on any atom is -0.365 e. The van der Waals surface area contributed by atoms with Gasteiger partial charge in [-0.3, -0.25) is 0 Å². The van der Waals surface area contributed by atoms with Crippen LogP contribution in [0.4, 0.5) is 11.6 Å². The number of hydrazine groups is 1. The minimum atomic E-state index is -3.29. The maximum absolute atomic E-state index is 11.3. The molecular formula is C11H19N7O2S. The third kappa shape index (κ3) is 4.03. The topological polar surface area (TPSA) is 126 Å². The Balaban J connectivity index is 2.21. The number of nitrogens with zero attached hydrogens (tertiary/aromatic N) is 3. The molecule has 2 heterocycles. The minimum absolute atomic E-state index is 0.337. The van der Waals surface area contributed by atoms with Crippen molar-refractivity contribution in [2.24, 2.45) is 5.84 Å². The fourth-order valence-electron chi connectivity index (χ4n) is 1.96. The monoisotopic (exact) mass is 313 g/mol. The summed E-state index contributed by atoms with van der Waals surface area (Å²) in [5.41, 5.74) is 2.43. The van der Waals surface area contributed by atoms with Crippen molar-refractivity contribution in [1.82, 2.24) is 19.1 Å². The Labute approximate surface area is 123 Å². The summed E-state index contributed by atoms with van der Waals surface area (Å²) in [6.45, 7) is 3.88. The first-order valence-corrected chi connectivity index (χ1v) is 8.12. The zero-order chi connectivity index (χ0) is 15.7. The zero-order valence-corrected chi connectivity index (χ0v) is 12.9. The number of nitrogens with two attached hydrogens (primary N) is 1. The van der Waals surface area contributed by atoms with Crippen LogP contribution in [0, 0.1) is 0 Å². The molecule has 5 N–H and O–H groups in total. The summed E-state index contributed by atoms with van der Waals surface area (Å²) in [5.74, 6) is 6.36. The number of hydrogen-bond donors (Lipinski definition) is 4. The smallest absolute Gasteiger partial charge is 0.209 e. The summed E-state index contributed by atoms with van der Waals surface area (Å²) in [5, 5.41) is 3.09. The van der Waals surface area contributed by atoms with E-state index in [1.54, 1.807) is 36.8 Å². The standard InChI is InChI=1S/C11H19N7O2S/c1-11(2,17-21(3,19)20)7-14-9-10-13-4-5-18(10)6-8(15-9)16-12/h4-6,16-17H,7,12H2,1-3H3,(H,14,15). The van der Waals surface area contributed by atoms with E-state index in [0.29, 0.717) is 23.8 Å². The normalized spacial score (nSPS) is 12.6. The Morgan fingerprint density at radius 2 is 2.14 bits per heavy atom. The highest BCUT2D eigenvalue weighted by Gasteiger charge is 2.22. The number of aromatic nitrogens is 3. The molecule has 0 aliphatic carbocycles. The second-order valence-corrected chi connectivity index (χ2v) is 7.14. The lowest BCUT2D eigenvalue weighted by atomic mass is 10.1. The average Bonchev–Trinajstić information content (AvgIpc) is 2.80. The quantitative estimate of drug-likeness (QED) is 0.428. The van der Waals surface area contributed by atoms with Gasteiger partial charge in [0.15, 0.2) is 17.3 Å². The molecule has 0 aliphatic heterocycles. The number of fused-ring (bicyclic) bond motifs is 1. The van der Waals surface area contributed by atoms with Crippen LogP contribution >= 0.6 is 0 Å². The molecule has 0 atom stereocenters. The number of nitrogen functional groups attached to an aromatic ring is 1. The van der Waals surface area contributed by atoms with Gasteiger partial charge in [-0.25, -0.2) is 29.0 Å². The van der Waals surface area contributed by atoms with Gasteiger partial charge >= 0.3 is 0 Å². The number of anilines is 2. The van der Waals surface area contributed by atoms with Gasteiger partial charge < -0.3 is 15.1 Å². The van der Waals surface area contributed by atoms with Gasteiger partial charge in [-0.1, -0.05) is 0 Å². The van der Waals surface area contributed by atoms with Gasteiger partial charge in [0.25, 0.3) is 0 Å².